The fourth-order valence-corrected chi connectivity index (χ4v) is 8.98. The van der Waals surface area contributed by atoms with E-state index in [-0.39, 0.29) is 18.9 Å². The van der Waals surface area contributed by atoms with E-state index in [1.807, 2.05) is 6.92 Å². The number of hydrogen-bond acceptors (Lipinski definition) is 13. The first-order valence-corrected chi connectivity index (χ1v) is 26.3. The van der Waals surface area contributed by atoms with E-state index in [9.17, 15) is 45.6 Å². The number of aliphatic hydroxyl groups excluding tert-OH is 8. The first kappa shape index (κ1) is 59.1. The average Bonchev–Trinajstić information content (AvgIpc) is 3.29. The molecule has 0 aromatic carbocycles. The molecule has 64 heavy (non-hydrogen) atoms. The van der Waals surface area contributed by atoms with E-state index in [0.717, 1.165) is 32.1 Å². The van der Waals surface area contributed by atoms with Crippen molar-refractivity contribution in [2.45, 2.75) is 293 Å². The van der Waals surface area contributed by atoms with Gasteiger partial charge in [-0.3, -0.25) is 4.79 Å². The van der Waals surface area contributed by atoms with Gasteiger partial charge < -0.3 is 65.1 Å². The molecule has 0 aromatic rings. The maximum atomic E-state index is 12.7. The SMILES string of the molecule is CCCCCCCCCCCCCCCCCCCCCCCCCCCCCCC(O)C(COC1OC(CO)C(OC2OC(CO)C(O)C(O)C2O)C(O)C1O)NC(=O)CCCC. The second-order valence-electron chi connectivity index (χ2n) is 19.0. The van der Waals surface area contributed by atoms with Crippen molar-refractivity contribution in [1.82, 2.24) is 5.32 Å². The monoisotopic (exact) mass is 920 g/mol. The van der Waals surface area contributed by atoms with Crippen LogP contribution in [0.5, 0.6) is 0 Å². The normalized spacial score (nSPS) is 27.2. The molecular weight excluding hydrogens is 823 g/mol. The predicted molar refractivity (Wildman–Crippen MR) is 249 cm³/mol. The number of aliphatic hydroxyl groups is 8. The molecule has 2 rings (SSSR count). The number of hydrogen-bond donors (Lipinski definition) is 9. The van der Waals surface area contributed by atoms with Gasteiger partial charge in [-0.25, -0.2) is 0 Å². The highest BCUT2D eigenvalue weighted by molar-refractivity contribution is 5.76. The first-order chi connectivity index (χ1) is 31.1. The topological polar surface area (TPSA) is 228 Å². The van der Waals surface area contributed by atoms with E-state index in [2.05, 4.69) is 12.2 Å². The second kappa shape index (κ2) is 37.9. The molecular formula is C50H97NO13. The minimum atomic E-state index is -1.78. The zero-order valence-corrected chi connectivity index (χ0v) is 40.3. The molecule has 0 spiro atoms. The highest BCUT2D eigenvalue weighted by Gasteiger charge is 2.51. The van der Waals surface area contributed by atoms with Crippen LogP contribution >= 0.6 is 0 Å². The number of ether oxygens (including phenoxy) is 4. The Bertz CT molecular complexity index is 1090. The minimum absolute atomic E-state index is 0.240. The first-order valence-electron chi connectivity index (χ1n) is 26.3. The molecule has 0 aromatic heterocycles. The smallest absolute Gasteiger partial charge is 0.220 e. The molecule has 12 atom stereocenters. The van der Waals surface area contributed by atoms with Crippen LogP contribution in [0.2, 0.25) is 0 Å². The molecule has 12 unspecified atom stereocenters. The molecule has 380 valence electrons. The Kier molecular flexibility index (Phi) is 35.0. The molecule has 14 nitrogen and oxygen atoms in total. The number of rotatable bonds is 41. The van der Waals surface area contributed by atoms with E-state index in [0.29, 0.717) is 12.8 Å². The summed E-state index contributed by atoms with van der Waals surface area (Å²) in [5.41, 5.74) is 0. The van der Waals surface area contributed by atoms with Gasteiger partial charge in [-0.2, -0.15) is 0 Å². The van der Waals surface area contributed by atoms with Crippen LogP contribution in [0.4, 0.5) is 0 Å². The number of nitrogens with one attached hydrogen (secondary N) is 1. The van der Waals surface area contributed by atoms with E-state index >= 15 is 0 Å². The summed E-state index contributed by atoms with van der Waals surface area (Å²) in [7, 11) is 0. The third-order valence-corrected chi connectivity index (χ3v) is 13.3. The van der Waals surface area contributed by atoms with Crippen molar-refractivity contribution in [3.63, 3.8) is 0 Å². The molecule has 2 saturated heterocycles. The molecule has 2 heterocycles. The number of amides is 1. The summed E-state index contributed by atoms with van der Waals surface area (Å²) in [4.78, 5) is 12.7. The van der Waals surface area contributed by atoms with Crippen molar-refractivity contribution in [2.24, 2.45) is 0 Å². The molecule has 0 aliphatic carbocycles. The summed E-state index contributed by atoms with van der Waals surface area (Å²) in [5.74, 6) is -0.240. The van der Waals surface area contributed by atoms with Gasteiger partial charge in [0.2, 0.25) is 5.91 Å². The summed E-state index contributed by atoms with van der Waals surface area (Å²) in [6.45, 7) is 2.62. The Hall–Kier alpha value is -1.01. The quantitative estimate of drug-likeness (QED) is 0.0282. The second-order valence-corrected chi connectivity index (χ2v) is 19.0. The van der Waals surface area contributed by atoms with Crippen LogP contribution in [0.1, 0.15) is 219 Å². The highest BCUT2D eigenvalue weighted by atomic mass is 16.7. The van der Waals surface area contributed by atoms with Crippen molar-refractivity contribution in [1.29, 1.82) is 0 Å². The van der Waals surface area contributed by atoms with Gasteiger partial charge in [0.25, 0.3) is 0 Å². The molecule has 0 saturated carbocycles. The molecule has 0 radical (unpaired) electrons. The molecule has 9 N–H and O–H groups in total. The van der Waals surface area contributed by atoms with Gasteiger partial charge in [-0.05, 0) is 12.8 Å². The number of unbranched alkanes of at least 4 members (excludes halogenated alkanes) is 28. The van der Waals surface area contributed by atoms with Crippen LogP contribution in [0.15, 0.2) is 0 Å². The maximum Gasteiger partial charge on any atom is 0.220 e. The molecule has 0 bridgehead atoms. The Morgan fingerprint density at radius 3 is 1.31 bits per heavy atom. The van der Waals surface area contributed by atoms with E-state index in [1.165, 1.54) is 154 Å². The van der Waals surface area contributed by atoms with Gasteiger partial charge in [0.1, 0.15) is 48.8 Å². The predicted octanol–water partition coefficient (Wildman–Crippen LogP) is 7.00. The van der Waals surface area contributed by atoms with Crippen LogP contribution in [-0.4, -0.2) is 140 Å². The lowest BCUT2D eigenvalue weighted by atomic mass is 9.97. The van der Waals surface area contributed by atoms with Gasteiger partial charge in [0, 0.05) is 6.42 Å². The summed E-state index contributed by atoms with van der Waals surface area (Å²) >= 11 is 0. The molecule has 1 amide bonds. The van der Waals surface area contributed by atoms with E-state index in [4.69, 9.17) is 18.9 Å². The Morgan fingerprint density at radius 1 is 0.500 bits per heavy atom. The summed E-state index contributed by atoms with van der Waals surface area (Å²) in [6.07, 6.45) is 22.8. The van der Waals surface area contributed by atoms with Gasteiger partial charge in [-0.15, -0.1) is 0 Å². The molecule has 2 fully saturated rings. The van der Waals surface area contributed by atoms with Crippen molar-refractivity contribution in [2.75, 3.05) is 19.8 Å². The van der Waals surface area contributed by atoms with E-state index in [1.54, 1.807) is 0 Å². The molecule has 14 heteroatoms. The largest absolute Gasteiger partial charge is 0.394 e. The van der Waals surface area contributed by atoms with Crippen LogP contribution in [-0.2, 0) is 23.7 Å². The highest BCUT2D eigenvalue weighted by Crippen LogP contribution is 2.30. The van der Waals surface area contributed by atoms with E-state index < -0.39 is 86.8 Å². The summed E-state index contributed by atoms with van der Waals surface area (Å²) < 4.78 is 22.5. The van der Waals surface area contributed by atoms with Crippen LogP contribution in [0, 0.1) is 0 Å². The lowest BCUT2D eigenvalue weighted by Crippen LogP contribution is -2.65. The Labute approximate surface area is 387 Å². The number of carbonyl (C=O) groups is 1. The van der Waals surface area contributed by atoms with Gasteiger partial charge in [0.05, 0.1) is 32.0 Å². The molecule has 2 aliphatic heterocycles. The van der Waals surface area contributed by atoms with Crippen LogP contribution in [0.3, 0.4) is 0 Å². The van der Waals surface area contributed by atoms with Crippen LogP contribution < -0.4 is 5.32 Å². The Balaban J connectivity index is 1.55. The minimum Gasteiger partial charge on any atom is -0.394 e. The third-order valence-electron chi connectivity index (χ3n) is 13.3. The van der Waals surface area contributed by atoms with Crippen LogP contribution in [0.25, 0.3) is 0 Å². The van der Waals surface area contributed by atoms with Gasteiger partial charge >= 0.3 is 0 Å². The maximum absolute atomic E-state index is 12.7. The summed E-state index contributed by atoms with van der Waals surface area (Å²) in [5, 5.41) is 86.1. The van der Waals surface area contributed by atoms with Crippen molar-refractivity contribution in [3.8, 4) is 0 Å². The summed E-state index contributed by atoms with van der Waals surface area (Å²) in [6, 6.07) is -0.818. The van der Waals surface area contributed by atoms with Crippen molar-refractivity contribution >= 4 is 5.91 Å². The zero-order valence-electron chi connectivity index (χ0n) is 40.3. The fourth-order valence-electron chi connectivity index (χ4n) is 8.98. The third kappa shape index (κ3) is 24.8. The van der Waals surface area contributed by atoms with Crippen molar-refractivity contribution < 1.29 is 64.6 Å². The fraction of sp³-hybridized carbons (Fsp3) is 0.980. The van der Waals surface area contributed by atoms with Crippen molar-refractivity contribution in [3.05, 3.63) is 0 Å². The standard InChI is InChI=1S/C50H97NO13/c1-3-5-7-8-9-10-11-12-13-14-15-16-17-18-19-20-21-22-23-24-25-26-27-28-29-30-31-32-33-39(54)38(51-42(55)34-6-4-2)37-61-49-47(60)45(58)48(41(36-53)63-49)64-50-46(59)44(57)43(56)40(35-52)62-50/h38-41,43-50,52-54,56-60H,3-37H2,1-2H3,(H,51,55). The lowest BCUT2D eigenvalue weighted by molar-refractivity contribution is -0.359. The zero-order chi connectivity index (χ0) is 46.8. The Morgan fingerprint density at radius 2 is 0.891 bits per heavy atom. The average molecular weight is 920 g/mol. The number of carbonyl (C=O) groups excluding carboxylic acids is 1. The van der Waals surface area contributed by atoms with Gasteiger partial charge in [-0.1, -0.05) is 200 Å². The lowest BCUT2D eigenvalue weighted by Gasteiger charge is -2.46. The van der Waals surface area contributed by atoms with Gasteiger partial charge in [0.15, 0.2) is 12.6 Å². The molecule has 2 aliphatic rings.